The van der Waals surface area contributed by atoms with E-state index in [-0.39, 0.29) is 0 Å². The SMILES string of the molecule is C#CCC.C#CCC(C)C.C#CCCC. The van der Waals surface area contributed by atoms with Gasteiger partial charge in [-0.25, -0.2) is 0 Å². The minimum Gasteiger partial charge on any atom is -0.120 e. The van der Waals surface area contributed by atoms with Crippen LogP contribution in [0.2, 0.25) is 0 Å². The van der Waals surface area contributed by atoms with Crippen molar-refractivity contribution in [1.29, 1.82) is 0 Å². The van der Waals surface area contributed by atoms with Gasteiger partial charge in [-0.1, -0.05) is 27.7 Å². The lowest BCUT2D eigenvalue weighted by atomic mass is 10.1. The van der Waals surface area contributed by atoms with Gasteiger partial charge in [0.2, 0.25) is 0 Å². The molecular weight excluding hydrogens is 180 g/mol. The molecule has 0 heterocycles. The molecular formula is C15H24. The molecule has 0 N–H and O–H groups in total. The van der Waals surface area contributed by atoms with Crippen LogP contribution in [-0.2, 0) is 0 Å². The van der Waals surface area contributed by atoms with E-state index >= 15 is 0 Å². The van der Waals surface area contributed by atoms with Gasteiger partial charge in [-0.2, -0.15) is 0 Å². The Hall–Kier alpha value is -1.32. The summed E-state index contributed by atoms with van der Waals surface area (Å²) in [6.45, 7) is 8.24. The largest absolute Gasteiger partial charge is 0.120 e. The quantitative estimate of drug-likeness (QED) is 0.594. The molecule has 0 rings (SSSR count). The van der Waals surface area contributed by atoms with Crippen LogP contribution in [0.4, 0.5) is 0 Å². The van der Waals surface area contributed by atoms with Crippen molar-refractivity contribution in [3.8, 4) is 37.0 Å². The van der Waals surface area contributed by atoms with Crippen LogP contribution in [0, 0.1) is 42.9 Å². The second kappa shape index (κ2) is 23.0. The lowest BCUT2D eigenvalue weighted by Crippen LogP contribution is -1.79. The zero-order chi connectivity index (χ0) is 12.5. The van der Waals surface area contributed by atoms with Crippen molar-refractivity contribution in [2.24, 2.45) is 5.92 Å². The predicted molar refractivity (Wildman–Crippen MR) is 71.2 cm³/mol. The van der Waals surface area contributed by atoms with Crippen LogP contribution >= 0.6 is 0 Å². The summed E-state index contributed by atoms with van der Waals surface area (Å²) < 4.78 is 0. The maximum absolute atomic E-state index is 4.98. The molecule has 0 spiro atoms. The van der Waals surface area contributed by atoms with E-state index in [9.17, 15) is 0 Å². The molecule has 0 unspecified atom stereocenters. The maximum atomic E-state index is 4.98. The Kier molecular flexibility index (Phi) is 29.5. The minimum absolute atomic E-state index is 0.662. The molecule has 0 radical (unpaired) electrons. The van der Waals surface area contributed by atoms with Crippen LogP contribution in [-0.4, -0.2) is 0 Å². The number of unbranched alkanes of at least 4 members (excludes halogenated alkanes) is 1. The van der Waals surface area contributed by atoms with Crippen molar-refractivity contribution in [3.05, 3.63) is 0 Å². The first kappa shape index (κ1) is 19.3. The van der Waals surface area contributed by atoms with Crippen LogP contribution in [0.25, 0.3) is 0 Å². The van der Waals surface area contributed by atoms with Crippen LogP contribution in [0.1, 0.15) is 53.4 Å². The number of hydrogen-bond acceptors (Lipinski definition) is 0. The lowest BCUT2D eigenvalue weighted by molar-refractivity contribution is 0.676. The van der Waals surface area contributed by atoms with E-state index < -0.39 is 0 Å². The monoisotopic (exact) mass is 204 g/mol. The van der Waals surface area contributed by atoms with Crippen molar-refractivity contribution in [2.75, 3.05) is 0 Å². The summed E-state index contributed by atoms with van der Waals surface area (Å²) in [4.78, 5) is 0. The van der Waals surface area contributed by atoms with Gasteiger partial charge in [0.05, 0.1) is 0 Å². The molecule has 0 aliphatic rings. The van der Waals surface area contributed by atoms with E-state index in [4.69, 9.17) is 19.3 Å². The highest BCUT2D eigenvalue weighted by Gasteiger charge is 1.83. The Morgan fingerprint density at radius 1 is 0.933 bits per heavy atom. The first-order chi connectivity index (χ1) is 7.10. The number of hydrogen-bond donors (Lipinski definition) is 0. The average molecular weight is 204 g/mol. The highest BCUT2D eigenvalue weighted by Crippen LogP contribution is 1.94. The van der Waals surface area contributed by atoms with Gasteiger partial charge in [0.1, 0.15) is 0 Å². The van der Waals surface area contributed by atoms with Crippen LogP contribution in [0.15, 0.2) is 0 Å². The normalized spacial score (nSPS) is 6.80. The Morgan fingerprint density at radius 2 is 1.40 bits per heavy atom. The van der Waals surface area contributed by atoms with E-state index in [1.165, 1.54) is 0 Å². The van der Waals surface area contributed by atoms with Crippen molar-refractivity contribution in [1.82, 2.24) is 0 Å². The van der Waals surface area contributed by atoms with E-state index in [1.807, 2.05) is 6.92 Å². The minimum atomic E-state index is 0.662. The lowest BCUT2D eigenvalue weighted by Gasteiger charge is -1.90. The molecule has 0 aromatic heterocycles. The first-order valence-corrected chi connectivity index (χ1v) is 5.40. The van der Waals surface area contributed by atoms with Gasteiger partial charge in [0.15, 0.2) is 0 Å². The second-order valence-electron chi connectivity index (χ2n) is 3.31. The summed E-state index contributed by atoms with van der Waals surface area (Å²) >= 11 is 0. The van der Waals surface area contributed by atoms with Gasteiger partial charge in [-0.3, -0.25) is 0 Å². The maximum Gasteiger partial charge on any atom is 0.0109 e. The molecule has 0 amide bonds. The summed E-state index contributed by atoms with van der Waals surface area (Å²) in [7, 11) is 0. The second-order valence-corrected chi connectivity index (χ2v) is 3.31. The van der Waals surface area contributed by atoms with Gasteiger partial charge in [0, 0.05) is 19.3 Å². The van der Waals surface area contributed by atoms with Crippen LogP contribution in [0.3, 0.4) is 0 Å². The fourth-order valence-corrected chi connectivity index (χ4v) is 0.380. The van der Waals surface area contributed by atoms with Gasteiger partial charge < -0.3 is 0 Å². The third-order valence-electron chi connectivity index (χ3n) is 1.12. The summed E-state index contributed by atoms with van der Waals surface area (Å²) in [6.07, 6.45) is 18.4. The first-order valence-electron chi connectivity index (χ1n) is 5.40. The Balaban J connectivity index is -0.000000147. The van der Waals surface area contributed by atoms with Crippen molar-refractivity contribution < 1.29 is 0 Å². The Morgan fingerprint density at radius 3 is 1.40 bits per heavy atom. The zero-order valence-corrected chi connectivity index (χ0v) is 10.6. The molecule has 84 valence electrons. The summed E-state index contributed by atoms with van der Waals surface area (Å²) in [5, 5.41) is 0. The van der Waals surface area contributed by atoms with Crippen LogP contribution < -0.4 is 0 Å². The van der Waals surface area contributed by atoms with Gasteiger partial charge in [0.25, 0.3) is 0 Å². The standard InChI is InChI=1S/C6H10.C5H8.C4H6/c1-4-5-6(2)3;1-3-5-4-2;1-3-4-2/h1,6H,5H2,2-3H3;1H,4-5H2,2H3;1H,4H2,2H3. The fraction of sp³-hybridized carbons (Fsp3) is 0.600. The van der Waals surface area contributed by atoms with Crippen LogP contribution in [0.5, 0.6) is 0 Å². The third-order valence-corrected chi connectivity index (χ3v) is 1.12. The van der Waals surface area contributed by atoms with E-state index in [0.717, 1.165) is 25.7 Å². The van der Waals surface area contributed by atoms with Crippen molar-refractivity contribution >= 4 is 0 Å². The molecule has 0 atom stereocenters. The molecule has 0 saturated carbocycles. The van der Waals surface area contributed by atoms with Gasteiger partial charge >= 0.3 is 0 Å². The van der Waals surface area contributed by atoms with Crippen molar-refractivity contribution in [3.63, 3.8) is 0 Å². The summed E-state index contributed by atoms with van der Waals surface area (Å²) in [5.41, 5.74) is 0. The topological polar surface area (TPSA) is 0 Å². The molecule has 0 bridgehead atoms. The molecule has 0 heteroatoms. The summed E-state index contributed by atoms with van der Waals surface area (Å²) in [6, 6.07) is 0. The van der Waals surface area contributed by atoms with Crippen molar-refractivity contribution in [2.45, 2.75) is 53.4 Å². The third kappa shape index (κ3) is 66.0. The zero-order valence-electron chi connectivity index (χ0n) is 10.6. The smallest absolute Gasteiger partial charge is 0.0109 e. The average Bonchev–Trinajstić information content (AvgIpc) is 2.20. The molecule has 0 aromatic rings. The van der Waals surface area contributed by atoms with E-state index in [1.54, 1.807) is 0 Å². The Labute approximate surface area is 96.9 Å². The van der Waals surface area contributed by atoms with Gasteiger partial charge in [-0.05, 0) is 12.3 Å². The molecule has 0 aliphatic heterocycles. The predicted octanol–water partition coefficient (Wildman–Crippen LogP) is 4.12. The molecule has 0 aliphatic carbocycles. The van der Waals surface area contributed by atoms with Gasteiger partial charge in [-0.15, -0.1) is 37.0 Å². The highest BCUT2D eigenvalue weighted by atomic mass is 13.9. The fourth-order valence-electron chi connectivity index (χ4n) is 0.380. The Bertz CT molecular complexity index is 202. The van der Waals surface area contributed by atoms with E-state index in [0.29, 0.717) is 5.92 Å². The highest BCUT2D eigenvalue weighted by molar-refractivity contribution is 4.84. The molecule has 15 heavy (non-hydrogen) atoms. The summed E-state index contributed by atoms with van der Waals surface area (Å²) in [5.74, 6) is 8.18. The molecule has 0 aromatic carbocycles. The number of rotatable bonds is 2. The van der Waals surface area contributed by atoms with E-state index in [2.05, 4.69) is 38.5 Å². The molecule has 0 saturated heterocycles. The molecule has 0 fully saturated rings. The number of terminal acetylenes is 3. The molecule has 0 nitrogen and oxygen atoms in total.